The van der Waals surface area contributed by atoms with Crippen LogP contribution in [0.3, 0.4) is 0 Å². The molecule has 2 aromatic carbocycles. The van der Waals surface area contributed by atoms with Crippen LogP contribution in [0.2, 0.25) is 0 Å². The Bertz CT molecular complexity index is 985. The molecular formula is C22H23N3O2S. The number of benzene rings is 2. The molecule has 1 aliphatic heterocycles. The molecule has 0 saturated heterocycles. The quantitative estimate of drug-likeness (QED) is 0.605. The highest BCUT2D eigenvalue weighted by molar-refractivity contribution is 7.99. The van der Waals surface area contributed by atoms with Crippen LogP contribution in [-0.2, 0) is 11.2 Å². The van der Waals surface area contributed by atoms with E-state index in [1.165, 1.54) is 17.3 Å². The SMILES string of the molecule is COc1cccc(-n2ccnc2SCC(=O)N2c3ccccc3CCC2C)c1. The highest BCUT2D eigenvalue weighted by atomic mass is 32.2. The molecule has 1 aromatic heterocycles. The lowest BCUT2D eigenvalue weighted by Gasteiger charge is -2.35. The maximum absolute atomic E-state index is 13.1. The second-order valence-electron chi connectivity index (χ2n) is 6.85. The number of aromatic nitrogens is 2. The fourth-order valence-electron chi connectivity index (χ4n) is 3.62. The fraction of sp³-hybridized carbons (Fsp3) is 0.273. The summed E-state index contributed by atoms with van der Waals surface area (Å²) in [7, 11) is 1.65. The molecule has 1 amide bonds. The lowest BCUT2D eigenvalue weighted by Crippen LogP contribution is -2.43. The van der Waals surface area contributed by atoms with Crippen molar-refractivity contribution in [3.8, 4) is 11.4 Å². The van der Waals surface area contributed by atoms with E-state index in [-0.39, 0.29) is 11.9 Å². The van der Waals surface area contributed by atoms with Crippen molar-refractivity contribution in [3.63, 3.8) is 0 Å². The number of methoxy groups -OCH3 is 1. The number of fused-ring (bicyclic) bond motifs is 1. The van der Waals surface area contributed by atoms with Gasteiger partial charge in [-0.05, 0) is 43.5 Å². The average molecular weight is 394 g/mol. The molecule has 5 nitrogen and oxygen atoms in total. The highest BCUT2D eigenvalue weighted by Crippen LogP contribution is 2.32. The van der Waals surface area contributed by atoms with Gasteiger partial charge in [-0.15, -0.1) is 0 Å². The summed E-state index contributed by atoms with van der Waals surface area (Å²) in [6.45, 7) is 2.12. The summed E-state index contributed by atoms with van der Waals surface area (Å²) in [6, 6.07) is 16.2. The molecule has 4 rings (SSSR count). The van der Waals surface area contributed by atoms with Crippen LogP contribution in [0.4, 0.5) is 5.69 Å². The van der Waals surface area contributed by atoms with Crippen molar-refractivity contribution >= 4 is 23.4 Å². The Morgan fingerprint density at radius 2 is 2.11 bits per heavy atom. The van der Waals surface area contributed by atoms with Gasteiger partial charge in [0.1, 0.15) is 5.75 Å². The standard InChI is InChI=1S/C22H23N3O2S/c1-16-10-11-17-6-3-4-9-20(17)25(16)21(26)15-28-22-23-12-13-24(22)18-7-5-8-19(14-18)27-2/h3-9,12-14,16H,10-11,15H2,1-2H3. The molecule has 0 fully saturated rings. The van der Waals surface area contributed by atoms with Crippen molar-refractivity contribution in [3.05, 3.63) is 66.5 Å². The van der Waals surface area contributed by atoms with Crippen LogP contribution < -0.4 is 9.64 Å². The molecule has 1 unspecified atom stereocenters. The minimum Gasteiger partial charge on any atom is -0.497 e. The summed E-state index contributed by atoms with van der Waals surface area (Å²) in [5, 5.41) is 0.791. The van der Waals surface area contributed by atoms with Gasteiger partial charge in [-0.1, -0.05) is 36.0 Å². The van der Waals surface area contributed by atoms with Crippen molar-refractivity contribution in [1.82, 2.24) is 9.55 Å². The molecule has 0 radical (unpaired) electrons. The van der Waals surface area contributed by atoms with E-state index in [1.807, 2.05) is 58.1 Å². The molecule has 2 heterocycles. The lowest BCUT2D eigenvalue weighted by molar-refractivity contribution is -0.116. The lowest BCUT2D eigenvalue weighted by atomic mass is 9.97. The number of amides is 1. The Hall–Kier alpha value is -2.73. The number of hydrogen-bond donors (Lipinski definition) is 0. The molecule has 0 bridgehead atoms. The van der Waals surface area contributed by atoms with Crippen molar-refractivity contribution in [1.29, 1.82) is 0 Å². The van der Waals surface area contributed by atoms with Gasteiger partial charge in [-0.3, -0.25) is 9.36 Å². The number of carbonyl (C=O) groups excluding carboxylic acids is 1. The molecule has 0 saturated carbocycles. The van der Waals surface area contributed by atoms with Gasteiger partial charge in [0, 0.05) is 30.2 Å². The Balaban J connectivity index is 1.52. The summed E-state index contributed by atoms with van der Waals surface area (Å²) >= 11 is 1.46. The van der Waals surface area contributed by atoms with Gasteiger partial charge in [0.15, 0.2) is 5.16 Å². The Morgan fingerprint density at radius 1 is 1.25 bits per heavy atom. The van der Waals surface area contributed by atoms with Crippen LogP contribution in [0.1, 0.15) is 18.9 Å². The fourth-order valence-corrected chi connectivity index (χ4v) is 4.45. The van der Waals surface area contributed by atoms with E-state index in [0.29, 0.717) is 5.75 Å². The number of imidazole rings is 1. The topological polar surface area (TPSA) is 47.4 Å². The van der Waals surface area contributed by atoms with E-state index in [9.17, 15) is 4.79 Å². The van der Waals surface area contributed by atoms with Crippen molar-refractivity contribution in [2.24, 2.45) is 0 Å². The van der Waals surface area contributed by atoms with Gasteiger partial charge >= 0.3 is 0 Å². The van der Waals surface area contributed by atoms with E-state index < -0.39 is 0 Å². The van der Waals surface area contributed by atoms with Crippen molar-refractivity contribution < 1.29 is 9.53 Å². The van der Waals surface area contributed by atoms with Crippen LogP contribution in [0.15, 0.2) is 66.1 Å². The number of hydrogen-bond acceptors (Lipinski definition) is 4. The highest BCUT2D eigenvalue weighted by Gasteiger charge is 2.28. The predicted molar refractivity (Wildman–Crippen MR) is 113 cm³/mol. The zero-order valence-corrected chi connectivity index (χ0v) is 16.9. The number of ether oxygens (including phenoxy) is 1. The molecule has 0 spiro atoms. The molecule has 144 valence electrons. The minimum atomic E-state index is 0.116. The summed E-state index contributed by atoms with van der Waals surface area (Å²) in [5.41, 5.74) is 3.25. The predicted octanol–water partition coefficient (Wildman–Crippen LogP) is 4.34. The number of aryl methyl sites for hydroxylation is 1. The summed E-state index contributed by atoms with van der Waals surface area (Å²) in [6.07, 6.45) is 5.67. The number of thioether (sulfide) groups is 1. The number of carbonyl (C=O) groups is 1. The van der Waals surface area contributed by atoms with Crippen molar-refractivity contribution in [2.45, 2.75) is 31.0 Å². The summed E-state index contributed by atoms with van der Waals surface area (Å²) in [4.78, 5) is 19.5. The number of rotatable bonds is 5. The van der Waals surface area contributed by atoms with E-state index in [1.54, 1.807) is 13.3 Å². The molecule has 3 aromatic rings. The third-order valence-corrected chi connectivity index (χ3v) is 6.01. The maximum Gasteiger partial charge on any atom is 0.237 e. The van der Waals surface area contributed by atoms with Crippen LogP contribution >= 0.6 is 11.8 Å². The molecule has 6 heteroatoms. The van der Waals surface area contributed by atoms with Gasteiger partial charge in [-0.25, -0.2) is 4.98 Å². The van der Waals surface area contributed by atoms with E-state index in [2.05, 4.69) is 18.0 Å². The van der Waals surface area contributed by atoms with E-state index in [4.69, 9.17) is 4.74 Å². The van der Waals surface area contributed by atoms with Gasteiger partial charge in [0.25, 0.3) is 0 Å². The van der Waals surface area contributed by atoms with Gasteiger partial charge in [0.2, 0.25) is 5.91 Å². The first kappa shape index (κ1) is 18.6. The second kappa shape index (κ2) is 8.10. The monoisotopic (exact) mass is 393 g/mol. The Labute approximate surface area is 169 Å². The first-order valence-electron chi connectivity index (χ1n) is 9.38. The van der Waals surface area contributed by atoms with Crippen LogP contribution in [0, 0.1) is 0 Å². The largest absolute Gasteiger partial charge is 0.497 e. The zero-order valence-electron chi connectivity index (χ0n) is 16.0. The summed E-state index contributed by atoms with van der Waals surface area (Å²) in [5.74, 6) is 1.25. The summed E-state index contributed by atoms with van der Waals surface area (Å²) < 4.78 is 7.29. The zero-order chi connectivity index (χ0) is 19.5. The number of para-hydroxylation sites is 1. The van der Waals surface area contributed by atoms with Gasteiger partial charge < -0.3 is 9.64 Å². The molecule has 0 aliphatic carbocycles. The van der Waals surface area contributed by atoms with Crippen molar-refractivity contribution in [2.75, 3.05) is 17.8 Å². The maximum atomic E-state index is 13.1. The Morgan fingerprint density at radius 3 is 2.96 bits per heavy atom. The number of nitrogens with zero attached hydrogens (tertiary/aromatic N) is 3. The molecular weight excluding hydrogens is 370 g/mol. The van der Waals surface area contributed by atoms with E-state index in [0.717, 1.165) is 35.1 Å². The van der Waals surface area contributed by atoms with Crippen LogP contribution in [0.25, 0.3) is 5.69 Å². The molecule has 0 N–H and O–H groups in total. The molecule has 28 heavy (non-hydrogen) atoms. The van der Waals surface area contributed by atoms with Crippen LogP contribution in [0.5, 0.6) is 5.75 Å². The normalized spacial score (nSPS) is 15.9. The minimum absolute atomic E-state index is 0.116. The van der Waals surface area contributed by atoms with E-state index >= 15 is 0 Å². The smallest absolute Gasteiger partial charge is 0.237 e. The molecule has 1 atom stereocenters. The first-order valence-corrected chi connectivity index (χ1v) is 10.4. The van der Waals surface area contributed by atoms with Gasteiger partial charge in [-0.2, -0.15) is 0 Å². The van der Waals surface area contributed by atoms with Gasteiger partial charge in [0.05, 0.1) is 18.6 Å². The first-order chi connectivity index (χ1) is 13.7. The third-order valence-electron chi connectivity index (χ3n) is 5.06. The Kier molecular flexibility index (Phi) is 5.39. The second-order valence-corrected chi connectivity index (χ2v) is 7.79. The number of anilines is 1. The molecule has 1 aliphatic rings. The van der Waals surface area contributed by atoms with Crippen LogP contribution in [-0.4, -0.2) is 34.4 Å². The average Bonchev–Trinajstić information content (AvgIpc) is 3.20. The third kappa shape index (κ3) is 3.64.